The van der Waals surface area contributed by atoms with Gasteiger partial charge in [0, 0.05) is 15.8 Å². The third kappa shape index (κ3) is 3.91. The number of nitrogens with zero attached hydrogens (tertiary/aromatic N) is 1. The van der Waals surface area contributed by atoms with Crippen molar-refractivity contribution in [2.45, 2.75) is 6.61 Å². The summed E-state index contributed by atoms with van der Waals surface area (Å²) in [5.41, 5.74) is -0.125. The summed E-state index contributed by atoms with van der Waals surface area (Å²) in [4.78, 5) is 12.0. The smallest absolute Gasteiger partial charge is 0.328 e. The highest BCUT2D eigenvalue weighted by Crippen LogP contribution is 2.24. The first-order chi connectivity index (χ1) is 10.1. The molecule has 0 saturated carbocycles. The zero-order valence-corrected chi connectivity index (χ0v) is 11.6. The molecule has 0 unspecified atom stereocenters. The van der Waals surface area contributed by atoms with Gasteiger partial charge < -0.3 is 9.84 Å². The number of carboxylic acid groups (broad SMARTS) is 1. The molecule has 0 radical (unpaired) electrons. The Labute approximate surface area is 124 Å². The van der Waals surface area contributed by atoms with Crippen LogP contribution in [0, 0.1) is 17.1 Å². The first-order valence-electron chi connectivity index (χ1n) is 5.91. The lowest BCUT2D eigenvalue weighted by atomic mass is 10.2. The predicted molar refractivity (Wildman–Crippen MR) is 76.4 cm³/mol. The van der Waals surface area contributed by atoms with Gasteiger partial charge in [0.25, 0.3) is 0 Å². The number of ether oxygens (including phenoxy) is 1. The van der Waals surface area contributed by atoms with Crippen molar-refractivity contribution in [3.05, 3.63) is 57.5 Å². The van der Waals surface area contributed by atoms with Gasteiger partial charge in [-0.3, -0.25) is 0 Å². The highest BCUT2D eigenvalue weighted by Gasteiger charge is 2.09. The summed E-state index contributed by atoms with van der Waals surface area (Å²) >= 11 is 1.36. The number of hydrogen-bond acceptors (Lipinski definition) is 4. The monoisotopic (exact) mass is 303 g/mol. The average Bonchev–Trinajstić information content (AvgIpc) is 2.91. The molecule has 0 bridgehead atoms. The van der Waals surface area contributed by atoms with Crippen LogP contribution in [-0.4, -0.2) is 11.1 Å². The molecule has 4 nitrogen and oxygen atoms in total. The summed E-state index contributed by atoms with van der Waals surface area (Å²) in [6.07, 6.45) is 2.54. The second-order valence-electron chi connectivity index (χ2n) is 3.99. The van der Waals surface area contributed by atoms with E-state index in [9.17, 15) is 9.18 Å². The molecule has 21 heavy (non-hydrogen) atoms. The van der Waals surface area contributed by atoms with Gasteiger partial charge in [0.1, 0.15) is 29.8 Å². The van der Waals surface area contributed by atoms with Crippen molar-refractivity contribution in [1.82, 2.24) is 0 Å². The third-order valence-electron chi connectivity index (χ3n) is 2.53. The van der Waals surface area contributed by atoms with Crippen molar-refractivity contribution in [1.29, 1.82) is 5.26 Å². The highest BCUT2D eigenvalue weighted by molar-refractivity contribution is 7.12. The number of carboxylic acids is 1. The molecule has 2 aromatic rings. The maximum atomic E-state index is 13.4. The molecule has 1 aromatic heterocycles. The summed E-state index contributed by atoms with van der Waals surface area (Å²) in [5.74, 6) is -1.44. The third-order valence-corrected chi connectivity index (χ3v) is 3.55. The van der Waals surface area contributed by atoms with Crippen LogP contribution in [0.3, 0.4) is 0 Å². The SMILES string of the molecule is N#Cc1c(F)cccc1OCc1ccc(C=CC(=O)O)s1. The molecule has 1 N–H and O–H groups in total. The van der Waals surface area contributed by atoms with Crippen LogP contribution in [0.25, 0.3) is 6.08 Å². The molecule has 0 amide bonds. The van der Waals surface area contributed by atoms with Crippen LogP contribution < -0.4 is 4.74 Å². The normalized spacial score (nSPS) is 10.5. The molecule has 106 valence electrons. The molecule has 1 heterocycles. The van der Waals surface area contributed by atoms with E-state index in [-0.39, 0.29) is 17.9 Å². The Morgan fingerprint density at radius 1 is 1.43 bits per heavy atom. The minimum atomic E-state index is -1.01. The quantitative estimate of drug-likeness (QED) is 0.859. The number of nitriles is 1. The lowest BCUT2D eigenvalue weighted by Crippen LogP contribution is -1.96. The molecule has 0 fully saturated rings. The Morgan fingerprint density at radius 2 is 2.24 bits per heavy atom. The fourth-order valence-electron chi connectivity index (χ4n) is 1.60. The Morgan fingerprint density at radius 3 is 2.95 bits per heavy atom. The Bertz CT molecular complexity index is 731. The number of halogens is 1. The molecule has 6 heteroatoms. The molecule has 0 atom stereocenters. The van der Waals surface area contributed by atoms with Crippen molar-refractivity contribution in [2.24, 2.45) is 0 Å². The summed E-state index contributed by atoms with van der Waals surface area (Å²) < 4.78 is 18.8. The minimum Gasteiger partial charge on any atom is -0.487 e. The molecule has 0 aliphatic carbocycles. The molecule has 2 rings (SSSR count). The maximum absolute atomic E-state index is 13.4. The van der Waals surface area contributed by atoms with Gasteiger partial charge in [0.05, 0.1) is 0 Å². The van der Waals surface area contributed by atoms with Crippen LogP contribution in [0.15, 0.2) is 36.4 Å². The summed E-state index contributed by atoms with van der Waals surface area (Å²) in [5, 5.41) is 17.4. The van der Waals surface area contributed by atoms with E-state index in [0.717, 1.165) is 15.8 Å². The number of benzene rings is 1. The Balaban J connectivity index is 2.06. The van der Waals surface area contributed by atoms with Crippen LogP contribution in [0.1, 0.15) is 15.3 Å². The van der Waals surface area contributed by atoms with Crippen molar-refractivity contribution < 1.29 is 19.0 Å². The zero-order valence-electron chi connectivity index (χ0n) is 10.7. The van der Waals surface area contributed by atoms with Crippen LogP contribution in [0.4, 0.5) is 4.39 Å². The van der Waals surface area contributed by atoms with Gasteiger partial charge in [-0.1, -0.05) is 6.07 Å². The van der Waals surface area contributed by atoms with E-state index in [1.807, 2.05) is 0 Å². The van der Waals surface area contributed by atoms with Gasteiger partial charge in [-0.2, -0.15) is 5.26 Å². The van der Waals surface area contributed by atoms with E-state index in [1.165, 1.54) is 35.6 Å². The molecule has 0 aliphatic heterocycles. The molecule has 1 aromatic carbocycles. The van der Waals surface area contributed by atoms with Gasteiger partial charge >= 0.3 is 5.97 Å². The molecular formula is C15H10FNO3S. The second kappa shape index (κ2) is 6.68. The molecule has 0 spiro atoms. The highest BCUT2D eigenvalue weighted by atomic mass is 32.1. The second-order valence-corrected chi connectivity index (χ2v) is 5.19. The van der Waals surface area contributed by atoms with E-state index in [4.69, 9.17) is 15.1 Å². The lowest BCUT2D eigenvalue weighted by Gasteiger charge is -2.06. The van der Waals surface area contributed by atoms with Crippen LogP contribution in [-0.2, 0) is 11.4 Å². The van der Waals surface area contributed by atoms with Crippen LogP contribution in [0.5, 0.6) is 5.75 Å². The Kier molecular flexibility index (Phi) is 4.69. The van der Waals surface area contributed by atoms with E-state index in [0.29, 0.717) is 0 Å². The molecule has 0 aliphatic rings. The fraction of sp³-hybridized carbons (Fsp3) is 0.0667. The summed E-state index contributed by atoms with van der Waals surface area (Å²) in [6.45, 7) is 0.184. The first kappa shape index (κ1) is 14.8. The van der Waals surface area contributed by atoms with E-state index in [2.05, 4.69) is 0 Å². The number of rotatable bonds is 5. The maximum Gasteiger partial charge on any atom is 0.328 e. The van der Waals surface area contributed by atoms with Gasteiger partial charge in [-0.25, -0.2) is 9.18 Å². The number of aliphatic carboxylic acids is 1. The van der Waals surface area contributed by atoms with Gasteiger partial charge in [-0.05, 0) is 30.3 Å². The van der Waals surface area contributed by atoms with Gasteiger partial charge in [0.15, 0.2) is 0 Å². The van der Waals surface area contributed by atoms with Crippen LogP contribution >= 0.6 is 11.3 Å². The predicted octanol–water partition coefficient (Wildman–Crippen LogP) is 3.44. The minimum absolute atomic E-state index is 0.125. The number of thiophene rings is 1. The van der Waals surface area contributed by atoms with Gasteiger partial charge in [-0.15, -0.1) is 11.3 Å². The molecular weight excluding hydrogens is 293 g/mol. The first-order valence-corrected chi connectivity index (χ1v) is 6.73. The van der Waals surface area contributed by atoms with Crippen LogP contribution in [0.2, 0.25) is 0 Å². The average molecular weight is 303 g/mol. The molecule has 0 saturated heterocycles. The topological polar surface area (TPSA) is 70.3 Å². The van der Waals surface area contributed by atoms with E-state index >= 15 is 0 Å². The number of hydrogen-bond donors (Lipinski definition) is 1. The van der Waals surface area contributed by atoms with E-state index < -0.39 is 11.8 Å². The number of carbonyl (C=O) groups is 1. The summed E-state index contributed by atoms with van der Waals surface area (Å²) in [7, 11) is 0. The van der Waals surface area contributed by atoms with Gasteiger partial charge in [0.2, 0.25) is 0 Å². The Hall–Kier alpha value is -2.65. The zero-order chi connectivity index (χ0) is 15.2. The summed E-state index contributed by atoms with van der Waals surface area (Å²) in [6, 6.07) is 9.52. The van der Waals surface area contributed by atoms with Crippen molar-refractivity contribution >= 4 is 23.4 Å². The fourth-order valence-corrected chi connectivity index (χ4v) is 2.43. The van der Waals surface area contributed by atoms with Crippen molar-refractivity contribution in [2.75, 3.05) is 0 Å². The van der Waals surface area contributed by atoms with Crippen molar-refractivity contribution in [3.63, 3.8) is 0 Å². The lowest BCUT2D eigenvalue weighted by molar-refractivity contribution is -0.131. The largest absolute Gasteiger partial charge is 0.487 e. The van der Waals surface area contributed by atoms with Crippen molar-refractivity contribution in [3.8, 4) is 11.8 Å². The standard InChI is InChI=1S/C15H10FNO3S/c16-13-2-1-3-14(12(13)8-17)20-9-11-5-4-10(21-11)6-7-15(18)19/h1-7H,9H2,(H,18,19). The van der Waals surface area contributed by atoms with E-state index in [1.54, 1.807) is 18.2 Å².